The van der Waals surface area contributed by atoms with Crippen molar-refractivity contribution in [3.05, 3.63) is 35.6 Å². The van der Waals surface area contributed by atoms with Gasteiger partial charge >= 0.3 is 11.9 Å². The molecule has 1 aromatic carbocycles. The summed E-state index contributed by atoms with van der Waals surface area (Å²) in [5.74, 6) is -1.75. The Labute approximate surface area is 117 Å². The van der Waals surface area contributed by atoms with Crippen molar-refractivity contribution in [1.29, 1.82) is 0 Å². The number of benzene rings is 1. The predicted octanol–water partition coefficient (Wildman–Crippen LogP) is 2.50. The molecule has 5 heteroatoms. The van der Waals surface area contributed by atoms with Gasteiger partial charge in [-0.25, -0.2) is 9.18 Å². The van der Waals surface area contributed by atoms with Crippen molar-refractivity contribution < 1.29 is 23.5 Å². The Balaban J connectivity index is 2.65. The molecule has 0 spiro atoms. The first kappa shape index (κ1) is 16.1. The van der Waals surface area contributed by atoms with Crippen LogP contribution in [0.4, 0.5) is 4.39 Å². The molecule has 0 saturated carbocycles. The third kappa shape index (κ3) is 4.99. The molecular weight excluding hydrogens is 263 g/mol. The Morgan fingerprint density at radius 1 is 1.30 bits per heavy atom. The summed E-state index contributed by atoms with van der Waals surface area (Å²) < 4.78 is 23.0. The van der Waals surface area contributed by atoms with Gasteiger partial charge in [0, 0.05) is 5.92 Å². The summed E-state index contributed by atoms with van der Waals surface area (Å²) in [6.07, 6.45) is -1.02. The fourth-order valence-electron chi connectivity index (χ4n) is 1.68. The second-order valence-corrected chi connectivity index (χ2v) is 4.71. The molecule has 1 atom stereocenters. The fraction of sp³-hybridized carbons (Fsp3) is 0.467. The summed E-state index contributed by atoms with van der Waals surface area (Å²) in [5, 5.41) is 0. The van der Waals surface area contributed by atoms with Gasteiger partial charge in [0.15, 0.2) is 0 Å². The third-order valence-electron chi connectivity index (χ3n) is 2.62. The second-order valence-electron chi connectivity index (χ2n) is 4.71. The van der Waals surface area contributed by atoms with E-state index in [9.17, 15) is 14.0 Å². The molecule has 4 nitrogen and oxygen atoms in total. The van der Waals surface area contributed by atoms with Crippen LogP contribution in [-0.2, 0) is 25.5 Å². The Hall–Kier alpha value is -1.91. The van der Waals surface area contributed by atoms with E-state index in [-0.39, 0.29) is 18.9 Å². The smallest absolute Gasteiger partial charge is 0.347 e. The van der Waals surface area contributed by atoms with Crippen molar-refractivity contribution in [3.8, 4) is 0 Å². The number of hydrogen-bond donors (Lipinski definition) is 0. The zero-order chi connectivity index (χ0) is 15.1. The van der Waals surface area contributed by atoms with Crippen LogP contribution in [0.3, 0.4) is 0 Å². The quantitative estimate of drug-likeness (QED) is 0.752. The van der Waals surface area contributed by atoms with E-state index in [1.54, 1.807) is 26.8 Å². The van der Waals surface area contributed by atoms with Gasteiger partial charge in [-0.1, -0.05) is 26.0 Å². The van der Waals surface area contributed by atoms with Gasteiger partial charge in [-0.05, 0) is 24.6 Å². The molecule has 0 radical (unpaired) electrons. The maximum absolute atomic E-state index is 13.0. The van der Waals surface area contributed by atoms with Crippen LogP contribution < -0.4 is 0 Å². The van der Waals surface area contributed by atoms with Crippen molar-refractivity contribution in [2.75, 3.05) is 6.61 Å². The van der Waals surface area contributed by atoms with Gasteiger partial charge in [-0.15, -0.1) is 0 Å². The monoisotopic (exact) mass is 282 g/mol. The average Bonchev–Trinajstić information content (AvgIpc) is 2.35. The van der Waals surface area contributed by atoms with E-state index in [0.717, 1.165) is 0 Å². The minimum absolute atomic E-state index is 0.0830. The molecule has 110 valence electrons. The lowest BCUT2D eigenvalue weighted by atomic mass is 10.1. The molecule has 0 heterocycles. The number of halogens is 1. The Bertz CT molecular complexity index is 471. The molecule has 0 aliphatic carbocycles. The summed E-state index contributed by atoms with van der Waals surface area (Å²) in [4.78, 5) is 23.5. The SMILES string of the molecule is CCOC(=O)[C@H](OC(=O)Cc1cccc(F)c1)C(C)C. The second kappa shape index (κ2) is 7.62. The maximum atomic E-state index is 13.0. The average molecular weight is 282 g/mol. The highest BCUT2D eigenvalue weighted by molar-refractivity contribution is 5.80. The van der Waals surface area contributed by atoms with E-state index in [1.807, 2.05) is 0 Å². The number of carbonyl (C=O) groups is 2. The first-order chi connectivity index (χ1) is 9.43. The molecule has 20 heavy (non-hydrogen) atoms. The molecule has 1 rings (SSSR count). The van der Waals surface area contributed by atoms with Crippen LogP contribution >= 0.6 is 0 Å². The number of rotatable bonds is 6. The van der Waals surface area contributed by atoms with E-state index >= 15 is 0 Å². The molecule has 0 aromatic heterocycles. The molecular formula is C15H19FO4. The maximum Gasteiger partial charge on any atom is 0.347 e. The van der Waals surface area contributed by atoms with Gasteiger partial charge in [0.2, 0.25) is 6.10 Å². The van der Waals surface area contributed by atoms with Crippen LogP contribution in [0.15, 0.2) is 24.3 Å². The van der Waals surface area contributed by atoms with E-state index in [0.29, 0.717) is 5.56 Å². The standard InChI is InChI=1S/C15H19FO4/c1-4-19-15(18)14(10(2)3)20-13(17)9-11-6-5-7-12(16)8-11/h5-8,10,14H,4,9H2,1-3H3/t14-/m1/s1. The Morgan fingerprint density at radius 3 is 2.55 bits per heavy atom. The van der Waals surface area contributed by atoms with Crippen molar-refractivity contribution >= 4 is 11.9 Å². The Kier molecular flexibility index (Phi) is 6.15. The molecule has 0 unspecified atom stereocenters. The predicted molar refractivity (Wildman–Crippen MR) is 71.5 cm³/mol. The Morgan fingerprint density at radius 2 is 2.00 bits per heavy atom. The lowest BCUT2D eigenvalue weighted by Gasteiger charge is -2.19. The molecule has 0 aliphatic heterocycles. The highest BCUT2D eigenvalue weighted by Crippen LogP contribution is 2.12. The van der Waals surface area contributed by atoms with Crippen molar-refractivity contribution in [1.82, 2.24) is 0 Å². The number of ether oxygens (including phenoxy) is 2. The van der Waals surface area contributed by atoms with E-state index in [1.165, 1.54) is 18.2 Å². The van der Waals surface area contributed by atoms with Crippen molar-refractivity contribution in [2.45, 2.75) is 33.3 Å². The number of hydrogen-bond acceptors (Lipinski definition) is 4. The first-order valence-corrected chi connectivity index (χ1v) is 6.54. The van der Waals surface area contributed by atoms with Crippen molar-refractivity contribution in [2.24, 2.45) is 5.92 Å². The lowest BCUT2D eigenvalue weighted by Crippen LogP contribution is -2.34. The molecule has 0 amide bonds. The topological polar surface area (TPSA) is 52.6 Å². The summed E-state index contributed by atoms with van der Waals surface area (Å²) >= 11 is 0. The summed E-state index contributed by atoms with van der Waals surface area (Å²) in [6.45, 7) is 5.43. The molecule has 0 N–H and O–H groups in total. The fourth-order valence-corrected chi connectivity index (χ4v) is 1.68. The lowest BCUT2D eigenvalue weighted by molar-refractivity contribution is -0.170. The van der Waals surface area contributed by atoms with Crippen LogP contribution in [-0.4, -0.2) is 24.6 Å². The zero-order valence-corrected chi connectivity index (χ0v) is 11.9. The molecule has 1 aromatic rings. The summed E-state index contributed by atoms with van der Waals surface area (Å²) in [6, 6.07) is 5.70. The third-order valence-corrected chi connectivity index (χ3v) is 2.62. The number of carbonyl (C=O) groups excluding carboxylic acids is 2. The van der Waals surface area contributed by atoms with Gasteiger partial charge in [0.25, 0.3) is 0 Å². The highest BCUT2D eigenvalue weighted by Gasteiger charge is 2.27. The van der Waals surface area contributed by atoms with E-state index in [4.69, 9.17) is 9.47 Å². The minimum atomic E-state index is -0.934. The summed E-state index contributed by atoms with van der Waals surface area (Å²) in [7, 11) is 0. The van der Waals surface area contributed by atoms with Crippen LogP contribution in [0.1, 0.15) is 26.3 Å². The largest absolute Gasteiger partial charge is 0.463 e. The molecule has 0 saturated heterocycles. The zero-order valence-electron chi connectivity index (χ0n) is 11.9. The van der Waals surface area contributed by atoms with Gasteiger partial charge in [-0.3, -0.25) is 4.79 Å². The number of esters is 2. The van der Waals surface area contributed by atoms with Gasteiger partial charge < -0.3 is 9.47 Å². The molecule has 0 aliphatic rings. The molecule has 0 bridgehead atoms. The minimum Gasteiger partial charge on any atom is -0.463 e. The highest BCUT2D eigenvalue weighted by atomic mass is 19.1. The van der Waals surface area contributed by atoms with Crippen molar-refractivity contribution in [3.63, 3.8) is 0 Å². The van der Waals surface area contributed by atoms with Gasteiger partial charge in [0.1, 0.15) is 5.82 Å². The van der Waals surface area contributed by atoms with E-state index in [2.05, 4.69) is 0 Å². The van der Waals surface area contributed by atoms with Crippen LogP contribution in [0.5, 0.6) is 0 Å². The molecule has 0 fully saturated rings. The normalized spacial score (nSPS) is 12.1. The van der Waals surface area contributed by atoms with Gasteiger partial charge in [-0.2, -0.15) is 0 Å². The van der Waals surface area contributed by atoms with Gasteiger partial charge in [0.05, 0.1) is 13.0 Å². The van der Waals surface area contributed by atoms with Crippen LogP contribution in [0.25, 0.3) is 0 Å². The summed E-state index contributed by atoms with van der Waals surface area (Å²) in [5.41, 5.74) is 0.501. The first-order valence-electron chi connectivity index (χ1n) is 6.54. The van der Waals surface area contributed by atoms with Crippen LogP contribution in [0.2, 0.25) is 0 Å². The van der Waals surface area contributed by atoms with E-state index < -0.39 is 23.9 Å². The van der Waals surface area contributed by atoms with Crippen LogP contribution in [0, 0.1) is 11.7 Å².